The lowest BCUT2D eigenvalue weighted by molar-refractivity contribution is 0.0575. The Bertz CT molecular complexity index is 825. The fourth-order valence-corrected chi connectivity index (χ4v) is 5.11. The zero-order valence-electron chi connectivity index (χ0n) is 15.8. The predicted octanol–water partition coefficient (Wildman–Crippen LogP) is 2.49. The Hall–Kier alpha value is -2.27. The van der Waals surface area contributed by atoms with Crippen molar-refractivity contribution in [1.29, 1.82) is 0 Å². The van der Waals surface area contributed by atoms with Crippen LogP contribution in [-0.2, 0) is 12.8 Å². The Morgan fingerprint density at radius 1 is 0.963 bits per heavy atom. The number of aryl methyl sites for hydroxylation is 1. The maximum Gasteiger partial charge on any atom is 0.274 e. The zero-order chi connectivity index (χ0) is 18.4. The van der Waals surface area contributed by atoms with Gasteiger partial charge in [-0.05, 0) is 49.7 Å². The summed E-state index contributed by atoms with van der Waals surface area (Å²) in [6, 6.07) is 9.72. The van der Waals surface area contributed by atoms with E-state index in [1.165, 1.54) is 17.5 Å². The molecule has 5 heteroatoms. The first-order chi connectivity index (χ1) is 13.2. The second kappa shape index (κ2) is 6.71. The van der Waals surface area contributed by atoms with E-state index in [0.717, 1.165) is 44.6 Å². The molecule has 5 nitrogen and oxygen atoms in total. The minimum Gasteiger partial charge on any atom is -0.333 e. The van der Waals surface area contributed by atoms with Crippen LogP contribution in [0, 0.1) is 12.8 Å². The van der Waals surface area contributed by atoms with Crippen molar-refractivity contribution in [3.05, 3.63) is 59.2 Å². The number of carbonyl (C=O) groups is 1. The van der Waals surface area contributed by atoms with E-state index in [1.807, 2.05) is 6.92 Å². The van der Waals surface area contributed by atoms with Crippen LogP contribution in [0.25, 0.3) is 0 Å². The Kier molecular flexibility index (Phi) is 4.20. The van der Waals surface area contributed by atoms with E-state index in [9.17, 15) is 4.79 Å². The van der Waals surface area contributed by atoms with Crippen LogP contribution >= 0.6 is 0 Å². The molecule has 3 aliphatic heterocycles. The lowest BCUT2D eigenvalue weighted by atomic mass is 9.94. The summed E-state index contributed by atoms with van der Waals surface area (Å²) in [5, 5.41) is 0. The summed E-state index contributed by atoms with van der Waals surface area (Å²) < 4.78 is 0. The van der Waals surface area contributed by atoms with Crippen molar-refractivity contribution in [3.8, 4) is 0 Å². The van der Waals surface area contributed by atoms with Crippen LogP contribution in [0.15, 0.2) is 36.7 Å². The van der Waals surface area contributed by atoms with Gasteiger partial charge in [-0.2, -0.15) is 0 Å². The SMILES string of the molecule is Cc1cnc(C(=O)N2C[C@H]3CC[C@@H]2CN(C2Cc4ccccc4C2)C3)cn1. The molecular weight excluding hydrogens is 336 g/mol. The number of piperidine rings is 1. The minimum absolute atomic E-state index is 0.0498. The van der Waals surface area contributed by atoms with Gasteiger partial charge >= 0.3 is 0 Å². The molecule has 27 heavy (non-hydrogen) atoms. The van der Waals surface area contributed by atoms with Gasteiger partial charge < -0.3 is 4.90 Å². The van der Waals surface area contributed by atoms with E-state index in [0.29, 0.717) is 23.7 Å². The lowest BCUT2D eigenvalue weighted by Crippen LogP contribution is -2.48. The molecule has 0 spiro atoms. The molecule has 2 bridgehead atoms. The molecule has 1 aromatic carbocycles. The summed E-state index contributed by atoms with van der Waals surface area (Å²) in [5.74, 6) is 0.614. The lowest BCUT2D eigenvalue weighted by Gasteiger charge is -2.36. The van der Waals surface area contributed by atoms with Gasteiger partial charge in [-0.3, -0.25) is 14.7 Å². The Morgan fingerprint density at radius 3 is 2.44 bits per heavy atom. The molecule has 2 aromatic rings. The van der Waals surface area contributed by atoms with E-state index < -0.39 is 0 Å². The number of amides is 1. The zero-order valence-corrected chi connectivity index (χ0v) is 15.8. The molecule has 0 radical (unpaired) electrons. The first-order valence-electron chi connectivity index (χ1n) is 10.1. The molecular formula is C22H26N4O. The van der Waals surface area contributed by atoms with Gasteiger partial charge in [-0.15, -0.1) is 0 Å². The molecule has 4 heterocycles. The van der Waals surface area contributed by atoms with Crippen LogP contribution in [0.4, 0.5) is 0 Å². The molecule has 0 unspecified atom stereocenters. The second-order valence-corrected chi connectivity index (χ2v) is 8.38. The van der Waals surface area contributed by atoms with Crippen molar-refractivity contribution >= 4 is 5.91 Å². The monoisotopic (exact) mass is 362 g/mol. The highest BCUT2D eigenvalue weighted by molar-refractivity contribution is 5.92. The highest BCUT2D eigenvalue weighted by Crippen LogP contribution is 2.33. The van der Waals surface area contributed by atoms with E-state index >= 15 is 0 Å². The molecule has 6 rings (SSSR count). The van der Waals surface area contributed by atoms with Crippen molar-refractivity contribution in [1.82, 2.24) is 19.8 Å². The van der Waals surface area contributed by atoms with Crippen LogP contribution in [0.3, 0.4) is 0 Å². The average Bonchev–Trinajstić information content (AvgIpc) is 2.91. The van der Waals surface area contributed by atoms with E-state index in [2.05, 4.69) is 44.0 Å². The largest absolute Gasteiger partial charge is 0.333 e. The van der Waals surface area contributed by atoms with Crippen LogP contribution in [0.5, 0.6) is 0 Å². The first-order valence-corrected chi connectivity index (χ1v) is 10.1. The summed E-state index contributed by atoms with van der Waals surface area (Å²) in [6.45, 7) is 4.85. The fraction of sp³-hybridized carbons (Fsp3) is 0.500. The number of nitrogens with zero attached hydrogens (tertiary/aromatic N) is 4. The van der Waals surface area contributed by atoms with Crippen molar-refractivity contribution in [2.24, 2.45) is 5.92 Å². The average molecular weight is 362 g/mol. The third-order valence-corrected chi connectivity index (χ3v) is 6.55. The van der Waals surface area contributed by atoms with Gasteiger partial charge in [0.1, 0.15) is 5.69 Å². The van der Waals surface area contributed by atoms with E-state index in [-0.39, 0.29) is 5.91 Å². The molecule has 1 aromatic heterocycles. The molecule has 140 valence electrons. The quantitative estimate of drug-likeness (QED) is 0.824. The molecule has 3 saturated heterocycles. The molecule has 2 atom stereocenters. The maximum atomic E-state index is 13.1. The van der Waals surface area contributed by atoms with Crippen molar-refractivity contribution in [2.45, 2.75) is 44.7 Å². The Morgan fingerprint density at radius 2 is 1.74 bits per heavy atom. The topological polar surface area (TPSA) is 49.3 Å². The molecule has 0 N–H and O–H groups in total. The number of fused-ring (bicyclic) bond motifs is 5. The Labute approximate surface area is 160 Å². The van der Waals surface area contributed by atoms with Crippen LogP contribution in [0.1, 0.15) is 40.2 Å². The summed E-state index contributed by atoms with van der Waals surface area (Å²) in [7, 11) is 0. The van der Waals surface area contributed by atoms with Gasteiger partial charge in [-0.1, -0.05) is 24.3 Å². The predicted molar refractivity (Wildman–Crippen MR) is 104 cm³/mol. The maximum absolute atomic E-state index is 13.1. The number of rotatable bonds is 2. The molecule has 1 aliphatic carbocycles. The highest BCUT2D eigenvalue weighted by atomic mass is 16.2. The van der Waals surface area contributed by atoms with Crippen LogP contribution in [0.2, 0.25) is 0 Å². The fourth-order valence-electron chi connectivity index (χ4n) is 5.11. The van der Waals surface area contributed by atoms with Gasteiger partial charge in [-0.25, -0.2) is 4.98 Å². The smallest absolute Gasteiger partial charge is 0.274 e. The van der Waals surface area contributed by atoms with Gasteiger partial charge in [0.15, 0.2) is 0 Å². The number of hydrogen-bond acceptors (Lipinski definition) is 4. The molecule has 1 amide bonds. The number of hydrogen-bond donors (Lipinski definition) is 0. The van der Waals surface area contributed by atoms with Gasteiger partial charge in [0.2, 0.25) is 0 Å². The van der Waals surface area contributed by atoms with Crippen molar-refractivity contribution in [2.75, 3.05) is 19.6 Å². The van der Waals surface area contributed by atoms with E-state index in [4.69, 9.17) is 0 Å². The normalized spacial score (nSPS) is 25.4. The van der Waals surface area contributed by atoms with Crippen molar-refractivity contribution in [3.63, 3.8) is 0 Å². The summed E-state index contributed by atoms with van der Waals surface area (Å²) >= 11 is 0. The molecule has 3 fully saturated rings. The van der Waals surface area contributed by atoms with Gasteiger partial charge in [0.05, 0.1) is 11.9 Å². The molecule has 4 aliphatic rings. The number of carbonyl (C=O) groups excluding carboxylic acids is 1. The number of benzene rings is 1. The Balaban J connectivity index is 1.33. The van der Waals surface area contributed by atoms with Gasteiger partial charge in [0, 0.05) is 37.9 Å². The third-order valence-electron chi connectivity index (χ3n) is 6.55. The van der Waals surface area contributed by atoms with Gasteiger partial charge in [0.25, 0.3) is 5.91 Å². The van der Waals surface area contributed by atoms with Crippen LogP contribution in [-0.4, -0.2) is 57.4 Å². The second-order valence-electron chi connectivity index (χ2n) is 8.38. The van der Waals surface area contributed by atoms with Crippen molar-refractivity contribution < 1.29 is 4.79 Å². The third kappa shape index (κ3) is 3.14. The number of aromatic nitrogens is 2. The standard InChI is InChI=1S/C22H26N4O/c1-15-10-24-21(11-23-15)22(27)26-13-16-6-7-19(26)14-25(12-16)20-8-17-4-2-3-5-18(17)9-20/h2-5,10-11,16,19-20H,6-9,12-14H2,1H3/t16-,19+/m0/s1. The first kappa shape index (κ1) is 16.9. The van der Waals surface area contributed by atoms with Crippen LogP contribution < -0.4 is 0 Å². The summed E-state index contributed by atoms with van der Waals surface area (Å²) in [6.07, 6.45) is 7.93. The summed E-state index contributed by atoms with van der Waals surface area (Å²) in [4.78, 5) is 26.4. The highest BCUT2D eigenvalue weighted by Gasteiger charge is 2.40. The summed E-state index contributed by atoms with van der Waals surface area (Å²) in [5.41, 5.74) is 4.33. The minimum atomic E-state index is 0.0498. The molecule has 0 saturated carbocycles. The van der Waals surface area contributed by atoms with E-state index in [1.54, 1.807) is 12.4 Å².